The zero-order valence-electron chi connectivity index (χ0n) is 16.5. The molecular formula is C24H19ClN4O2. The first-order valence-electron chi connectivity index (χ1n) is 9.70. The van der Waals surface area contributed by atoms with E-state index in [4.69, 9.17) is 16.3 Å². The minimum atomic E-state index is -0.944. The largest absolute Gasteiger partial charge is 0.489 e. The standard InChI is InChI=1S/C24H19ClN4O2/c25-18-9-11-19(12-10-18)27-24-28-22(21(14-26)23(30)29-24)17-7-4-8-20(13-17)31-15-16-5-2-1-3-6-16/h1-13,21-22H,15H2,(H2,27,28,29,30). The van der Waals surface area contributed by atoms with Crippen molar-refractivity contribution >= 4 is 29.2 Å². The highest BCUT2D eigenvalue weighted by molar-refractivity contribution is 6.30. The second-order valence-corrected chi connectivity index (χ2v) is 7.43. The van der Waals surface area contributed by atoms with Crippen molar-refractivity contribution in [3.05, 3.63) is 95.0 Å². The summed E-state index contributed by atoms with van der Waals surface area (Å²) >= 11 is 5.92. The van der Waals surface area contributed by atoms with Gasteiger partial charge in [-0.2, -0.15) is 5.26 Å². The first-order valence-corrected chi connectivity index (χ1v) is 10.1. The van der Waals surface area contributed by atoms with Crippen molar-refractivity contribution in [1.29, 1.82) is 5.26 Å². The number of carbonyl (C=O) groups excluding carboxylic acids is 1. The van der Waals surface area contributed by atoms with Crippen LogP contribution in [0.4, 0.5) is 5.69 Å². The van der Waals surface area contributed by atoms with Crippen molar-refractivity contribution in [2.24, 2.45) is 10.9 Å². The highest BCUT2D eigenvalue weighted by Crippen LogP contribution is 2.31. The van der Waals surface area contributed by atoms with E-state index in [0.717, 1.165) is 16.8 Å². The maximum absolute atomic E-state index is 12.6. The zero-order chi connectivity index (χ0) is 21.6. The minimum Gasteiger partial charge on any atom is -0.489 e. The number of anilines is 1. The van der Waals surface area contributed by atoms with E-state index in [2.05, 4.69) is 21.7 Å². The van der Waals surface area contributed by atoms with Crippen LogP contribution in [-0.2, 0) is 11.4 Å². The van der Waals surface area contributed by atoms with E-state index in [-0.39, 0.29) is 5.96 Å². The fourth-order valence-electron chi connectivity index (χ4n) is 3.24. The summed E-state index contributed by atoms with van der Waals surface area (Å²) in [5, 5.41) is 15.9. The van der Waals surface area contributed by atoms with Gasteiger partial charge >= 0.3 is 0 Å². The highest BCUT2D eigenvalue weighted by atomic mass is 35.5. The number of guanidine groups is 1. The summed E-state index contributed by atoms with van der Waals surface area (Å²) in [5.74, 6) is -0.430. The molecule has 3 aromatic rings. The average Bonchev–Trinajstić information content (AvgIpc) is 2.80. The molecule has 0 radical (unpaired) electrons. The molecule has 0 aromatic heterocycles. The Labute approximate surface area is 185 Å². The number of hydrogen-bond donors (Lipinski definition) is 2. The number of benzene rings is 3. The normalized spacial score (nSPS) is 17.8. The number of hydrogen-bond acceptors (Lipinski definition) is 5. The molecule has 4 rings (SSSR count). The van der Waals surface area contributed by atoms with Crippen LogP contribution in [0.3, 0.4) is 0 Å². The number of ether oxygens (including phenoxy) is 1. The van der Waals surface area contributed by atoms with Crippen molar-refractivity contribution in [2.45, 2.75) is 12.6 Å². The summed E-state index contributed by atoms with van der Waals surface area (Å²) in [7, 11) is 0. The summed E-state index contributed by atoms with van der Waals surface area (Å²) in [4.78, 5) is 17.1. The Kier molecular flexibility index (Phi) is 6.16. The van der Waals surface area contributed by atoms with Gasteiger partial charge in [0.25, 0.3) is 0 Å². The number of amides is 1. The SMILES string of the molecule is N#CC1C(=O)NC(Nc2ccc(Cl)cc2)=NC1c1cccc(OCc2ccccc2)c1. The molecule has 3 aromatic carbocycles. The number of nitriles is 1. The highest BCUT2D eigenvalue weighted by Gasteiger charge is 2.34. The van der Waals surface area contributed by atoms with Crippen molar-refractivity contribution in [2.75, 3.05) is 5.32 Å². The van der Waals surface area contributed by atoms with Crippen LogP contribution in [0.2, 0.25) is 5.02 Å². The van der Waals surface area contributed by atoms with Gasteiger partial charge in [0, 0.05) is 10.7 Å². The molecular weight excluding hydrogens is 412 g/mol. The lowest BCUT2D eigenvalue weighted by Gasteiger charge is -2.26. The van der Waals surface area contributed by atoms with Gasteiger partial charge in [0.2, 0.25) is 11.9 Å². The molecule has 1 aliphatic heterocycles. The molecule has 2 N–H and O–H groups in total. The molecule has 0 fully saturated rings. The lowest BCUT2D eigenvalue weighted by molar-refractivity contribution is -0.122. The molecule has 6 nitrogen and oxygen atoms in total. The van der Waals surface area contributed by atoms with Gasteiger partial charge in [-0.25, -0.2) is 4.99 Å². The first kappa shape index (κ1) is 20.5. The van der Waals surface area contributed by atoms with Gasteiger partial charge in [0.1, 0.15) is 18.4 Å². The second-order valence-electron chi connectivity index (χ2n) is 7.00. The first-order chi connectivity index (χ1) is 15.1. The maximum Gasteiger partial charge on any atom is 0.246 e. The molecule has 0 saturated carbocycles. The summed E-state index contributed by atoms with van der Waals surface area (Å²) in [6, 6.07) is 25.6. The predicted molar refractivity (Wildman–Crippen MR) is 120 cm³/mol. The Morgan fingerprint density at radius 2 is 1.84 bits per heavy atom. The molecule has 31 heavy (non-hydrogen) atoms. The van der Waals surface area contributed by atoms with E-state index in [1.807, 2.05) is 54.6 Å². The zero-order valence-corrected chi connectivity index (χ0v) is 17.2. The molecule has 7 heteroatoms. The molecule has 1 amide bonds. The summed E-state index contributed by atoms with van der Waals surface area (Å²) in [6.45, 7) is 0.420. The van der Waals surface area contributed by atoms with Crippen LogP contribution in [0, 0.1) is 17.2 Å². The van der Waals surface area contributed by atoms with Gasteiger partial charge in [-0.3, -0.25) is 10.1 Å². The molecule has 154 valence electrons. The van der Waals surface area contributed by atoms with Crippen molar-refractivity contribution in [1.82, 2.24) is 5.32 Å². The number of rotatable bonds is 5. The van der Waals surface area contributed by atoms with Crippen LogP contribution in [0.25, 0.3) is 0 Å². The van der Waals surface area contributed by atoms with E-state index in [1.54, 1.807) is 24.3 Å². The molecule has 0 saturated heterocycles. The molecule has 0 aliphatic carbocycles. The Balaban J connectivity index is 1.57. The van der Waals surface area contributed by atoms with Crippen LogP contribution < -0.4 is 15.4 Å². The lowest BCUT2D eigenvalue weighted by atomic mass is 9.92. The van der Waals surface area contributed by atoms with Gasteiger partial charge in [-0.15, -0.1) is 0 Å². The number of aliphatic imine (C=N–C) groups is 1. The van der Waals surface area contributed by atoms with Crippen molar-refractivity contribution in [3.63, 3.8) is 0 Å². The van der Waals surface area contributed by atoms with Gasteiger partial charge in [-0.1, -0.05) is 54.1 Å². The quantitative estimate of drug-likeness (QED) is 0.614. The van der Waals surface area contributed by atoms with Gasteiger partial charge in [0.15, 0.2) is 5.92 Å². The number of halogens is 1. The summed E-state index contributed by atoms with van der Waals surface area (Å²) < 4.78 is 5.89. The molecule has 1 aliphatic rings. The molecule has 1 heterocycles. The van der Waals surface area contributed by atoms with Crippen LogP contribution in [-0.4, -0.2) is 11.9 Å². The second kappa shape index (κ2) is 9.33. The van der Waals surface area contributed by atoms with Crippen LogP contribution in [0.15, 0.2) is 83.9 Å². The molecule has 0 spiro atoms. The van der Waals surface area contributed by atoms with E-state index < -0.39 is 17.9 Å². The number of carbonyl (C=O) groups is 1. The number of nitrogens with one attached hydrogen (secondary N) is 2. The maximum atomic E-state index is 12.6. The fraction of sp³-hybridized carbons (Fsp3) is 0.125. The third-order valence-corrected chi connectivity index (χ3v) is 5.05. The third-order valence-electron chi connectivity index (χ3n) is 4.80. The average molecular weight is 431 g/mol. The van der Waals surface area contributed by atoms with E-state index in [0.29, 0.717) is 17.4 Å². The fourth-order valence-corrected chi connectivity index (χ4v) is 3.37. The van der Waals surface area contributed by atoms with Crippen molar-refractivity contribution in [3.8, 4) is 11.8 Å². The number of nitrogens with zero attached hydrogens (tertiary/aromatic N) is 2. The summed E-state index contributed by atoms with van der Waals surface area (Å²) in [6.07, 6.45) is 0. The Morgan fingerprint density at radius 1 is 1.06 bits per heavy atom. The van der Waals surface area contributed by atoms with Crippen LogP contribution in [0.1, 0.15) is 17.2 Å². The Morgan fingerprint density at radius 3 is 2.58 bits per heavy atom. The molecule has 2 unspecified atom stereocenters. The van der Waals surface area contributed by atoms with Gasteiger partial charge in [-0.05, 0) is 47.5 Å². The Bertz CT molecular complexity index is 1140. The van der Waals surface area contributed by atoms with E-state index in [9.17, 15) is 10.1 Å². The van der Waals surface area contributed by atoms with Gasteiger partial charge < -0.3 is 10.1 Å². The molecule has 0 bridgehead atoms. The van der Waals surface area contributed by atoms with E-state index >= 15 is 0 Å². The van der Waals surface area contributed by atoms with Crippen molar-refractivity contribution < 1.29 is 9.53 Å². The predicted octanol–water partition coefficient (Wildman–Crippen LogP) is 4.70. The third kappa shape index (κ3) is 5.03. The lowest BCUT2D eigenvalue weighted by Crippen LogP contribution is -2.45. The smallest absolute Gasteiger partial charge is 0.246 e. The topological polar surface area (TPSA) is 86.5 Å². The summed E-state index contributed by atoms with van der Waals surface area (Å²) in [5.41, 5.74) is 2.49. The van der Waals surface area contributed by atoms with Gasteiger partial charge in [0.05, 0.1) is 6.07 Å². The van der Waals surface area contributed by atoms with E-state index in [1.165, 1.54) is 0 Å². The van der Waals surface area contributed by atoms with Crippen LogP contribution in [0.5, 0.6) is 5.75 Å². The minimum absolute atomic E-state index is 0.277. The van der Waals surface area contributed by atoms with Crippen LogP contribution >= 0.6 is 11.6 Å². The molecule has 2 atom stereocenters. The Hall–Kier alpha value is -3.82. The monoisotopic (exact) mass is 430 g/mol.